The Morgan fingerprint density at radius 3 is 2.75 bits per heavy atom. The fraction of sp³-hybridized carbons (Fsp3) is 0.308. The number of nitrogens with one attached hydrogen (secondary N) is 1. The third kappa shape index (κ3) is 4.26. The first kappa shape index (κ1) is 15.5. The summed E-state index contributed by atoms with van der Waals surface area (Å²) in [6.07, 6.45) is 0. The van der Waals surface area contributed by atoms with Gasteiger partial charge >= 0.3 is 5.97 Å². The van der Waals surface area contributed by atoms with E-state index in [-0.39, 0.29) is 12.4 Å². The summed E-state index contributed by atoms with van der Waals surface area (Å²) in [5.41, 5.74) is 0.298. The second-order valence-electron chi connectivity index (χ2n) is 3.72. The van der Waals surface area contributed by atoms with Gasteiger partial charge in [0.25, 0.3) is 5.91 Å². The minimum Gasteiger partial charge on any atom is -0.482 e. The summed E-state index contributed by atoms with van der Waals surface area (Å²) in [5.74, 6) is -1.09. The average molecular weight is 278 g/mol. The van der Waals surface area contributed by atoms with Crippen LogP contribution in [0.5, 0.6) is 5.75 Å². The van der Waals surface area contributed by atoms with Crippen molar-refractivity contribution in [2.45, 2.75) is 6.04 Å². The third-order valence-corrected chi connectivity index (χ3v) is 2.37. The summed E-state index contributed by atoms with van der Waals surface area (Å²) in [6.45, 7) is -0.959. The van der Waals surface area contributed by atoms with E-state index in [0.717, 1.165) is 7.11 Å². The van der Waals surface area contributed by atoms with Crippen molar-refractivity contribution in [2.75, 3.05) is 20.3 Å². The van der Waals surface area contributed by atoms with Gasteiger partial charge in [0.1, 0.15) is 11.8 Å². The number of aliphatic hydroxyl groups excluding tert-OH is 1. The summed E-state index contributed by atoms with van der Waals surface area (Å²) >= 11 is 0. The predicted octanol–water partition coefficient (Wildman–Crippen LogP) is -0.413. The number of rotatable bonds is 6. The molecule has 1 unspecified atom stereocenters. The van der Waals surface area contributed by atoms with Crippen molar-refractivity contribution in [2.24, 2.45) is 0 Å². The number of hydrogen-bond donors (Lipinski definition) is 2. The highest BCUT2D eigenvalue weighted by Gasteiger charge is 2.20. The second-order valence-corrected chi connectivity index (χ2v) is 3.72. The van der Waals surface area contributed by atoms with Crippen LogP contribution >= 0.6 is 0 Å². The molecule has 106 valence electrons. The number of ether oxygens (including phenoxy) is 2. The maximum Gasteiger partial charge on any atom is 0.330 e. The molecular formula is C13H14N2O5. The van der Waals surface area contributed by atoms with Gasteiger partial charge in [-0.1, -0.05) is 12.1 Å². The van der Waals surface area contributed by atoms with Crippen LogP contribution in [0.15, 0.2) is 24.3 Å². The molecule has 0 heterocycles. The molecule has 7 nitrogen and oxygen atoms in total. The van der Waals surface area contributed by atoms with Gasteiger partial charge in [-0.05, 0) is 12.1 Å². The van der Waals surface area contributed by atoms with E-state index >= 15 is 0 Å². The Morgan fingerprint density at radius 2 is 2.15 bits per heavy atom. The molecule has 1 aromatic rings. The van der Waals surface area contributed by atoms with Gasteiger partial charge in [-0.2, -0.15) is 5.26 Å². The number of hydrogen-bond acceptors (Lipinski definition) is 6. The number of methoxy groups -OCH3 is 1. The van der Waals surface area contributed by atoms with E-state index in [0.29, 0.717) is 5.56 Å². The fourth-order valence-electron chi connectivity index (χ4n) is 1.39. The maximum atomic E-state index is 11.6. The van der Waals surface area contributed by atoms with Gasteiger partial charge in [-0.25, -0.2) is 4.79 Å². The minimum absolute atomic E-state index is 0.267. The molecule has 0 aliphatic rings. The van der Waals surface area contributed by atoms with Crippen molar-refractivity contribution < 1.29 is 24.2 Å². The lowest BCUT2D eigenvalue weighted by atomic mass is 10.2. The number of nitriles is 1. The molecule has 7 heteroatoms. The quantitative estimate of drug-likeness (QED) is 0.684. The highest BCUT2D eigenvalue weighted by Crippen LogP contribution is 2.16. The average Bonchev–Trinajstić information content (AvgIpc) is 2.49. The van der Waals surface area contributed by atoms with Crippen LogP contribution in [0, 0.1) is 11.3 Å². The molecule has 0 spiro atoms. The standard InChI is InChI=1S/C13H14N2O5/c1-19-13(18)10(7-16)15-12(17)8-20-11-5-3-2-4-9(11)6-14/h2-5,10,16H,7-8H2,1H3,(H,15,17). The molecule has 0 saturated carbocycles. The Hall–Kier alpha value is -2.59. The molecule has 0 aliphatic carbocycles. The highest BCUT2D eigenvalue weighted by atomic mass is 16.5. The van der Waals surface area contributed by atoms with E-state index in [1.165, 1.54) is 0 Å². The van der Waals surface area contributed by atoms with Gasteiger partial charge < -0.3 is 19.9 Å². The van der Waals surface area contributed by atoms with Gasteiger partial charge in [-0.15, -0.1) is 0 Å². The van der Waals surface area contributed by atoms with Crippen LogP contribution in [0.25, 0.3) is 0 Å². The van der Waals surface area contributed by atoms with Gasteiger partial charge in [0.15, 0.2) is 12.6 Å². The topological polar surface area (TPSA) is 109 Å². The monoisotopic (exact) mass is 278 g/mol. The number of para-hydroxylation sites is 1. The number of nitrogens with zero attached hydrogens (tertiary/aromatic N) is 1. The third-order valence-electron chi connectivity index (χ3n) is 2.37. The van der Waals surface area contributed by atoms with Crippen LogP contribution in [-0.4, -0.2) is 43.3 Å². The Kier molecular flexibility index (Phi) is 6.00. The smallest absolute Gasteiger partial charge is 0.330 e. The lowest BCUT2D eigenvalue weighted by molar-refractivity contribution is -0.146. The molecule has 0 aliphatic heterocycles. The first-order chi connectivity index (χ1) is 9.62. The summed E-state index contributed by atoms with van der Waals surface area (Å²) in [5, 5.41) is 20.0. The molecular weight excluding hydrogens is 264 g/mol. The zero-order chi connectivity index (χ0) is 15.0. The Morgan fingerprint density at radius 1 is 1.45 bits per heavy atom. The van der Waals surface area contributed by atoms with Crippen molar-refractivity contribution in [1.29, 1.82) is 5.26 Å². The largest absolute Gasteiger partial charge is 0.482 e. The first-order valence-electron chi connectivity index (χ1n) is 5.72. The van der Waals surface area contributed by atoms with Crippen molar-refractivity contribution in [3.8, 4) is 11.8 Å². The predicted molar refractivity (Wildman–Crippen MR) is 67.7 cm³/mol. The van der Waals surface area contributed by atoms with E-state index in [9.17, 15) is 9.59 Å². The Balaban J connectivity index is 2.55. The Labute approximate surface area is 115 Å². The molecule has 2 N–H and O–H groups in total. The molecule has 0 radical (unpaired) electrons. The van der Waals surface area contributed by atoms with Crippen LogP contribution < -0.4 is 10.1 Å². The zero-order valence-corrected chi connectivity index (χ0v) is 10.8. The minimum atomic E-state index is -1.14. The van der Waals surface area contributed by atoms with E-state index in [1.54, 1.807) is 24.3 Å². The summed E-state index contributed by atoms with van der Waals surface area (Å²) in [4.78, 5) is 22.7. The molecule has 20 heavy (non-hydrogen) atoms. The molecule has 0 aromatic heterocycles. The van der Waals surface area contributed by atoms with E-state index < -0.39 is 24.5 Å². The number of amides is 1. The van der Waals surface area contributed by atoms with Crippen molar-refractivity contribution in [1.82, 2.24) is 5.32 Å². The molecule has 0 saturated heterocycles. The molecule has 0 fully saturated rings. The fourth-order valence-corrected chi connectivity index (χ4v) is 1.39. The zero-order valence-electron chi connectivity index (χ0n) is 10.8. The summed E-state index contributed by atoms with van der Waals surface area (Å²) in [6, 6.07) is 7.23. The highest BCUT2D eigenvalue weighted by molar-refractivity contribution is 5.85. The number of benzene rings is 1. The number of carbonyl (C=O) groups is 2. The summed E-state index contributed by atoms with van der Waals surface area (Å²) < 4.78 is 9.59. The number of carbonyl (C=O) groups excluding carboxylic acids is 2. The van der Waals surface area contributed by atoms with Crippen LogP contribution in [0.1, 0.15) is 5.56 Å². The van der Waals surface area contributed by atoms with E-state index in [4.69, 9.17) is 15.1 Å². The van der Waals surface area contributed by atoms with E-state index in [1.807, 2.05) is 6.07 Å². The molecule has 1 amide bonds. The second kappa shape index (κ2) is 7.76. The number of aliphatic hydroxyl groups is 1. The molecule has 1 rings (SSSR count). The molecule has 1 atom stereocenters. The molecule has 0 bridgehead atoms. The van der Waals surface area contributed by atoms with E-state index in [2.05, 4.69) is 10.1 Å². The van der Waals surface area contributed by atoms with Crippen molar-refractivity contribution >= 4 is 11.9 Å². The SMILES string of the molecule is COC(=O)C(CO)NC(=O)COc1ccccc1C#N. The maximum absolute atomic E-state index is 11.6. The van der Waals surface area contributed by atoms with Gasteiger partial charge in [0.2, 0.25) is 0 Å². The first-order valence-corrected chi connectivity index (χ1v) is 5.72. The van der Waals surface area contributed by atoms with Gasteiger partial charge in [0, 0.05) is 0 Å². The van der Waals surface area contributed by atoms with Crippen molar-refractivity contribution in [3.63, 3.8) is 0 Å². The van der Waals surface area contributed by atoms with Gasteiger partial charge in [0.05, 0.1) is 19.3 Å². The van der Waals surface area contributed by atoms with Crippen LogP contribution in [-0.2, 0) is 14.3 Å². The lowest BCUT2D eigenvalue weighted by Gasteiger charge is -2.14. The van der Waals surface area contributed by atoms with Crippen LogP contribution in [0.3, 0.4) is 0 Å². The van der Waals surface area contributed by atoms with Gasteiger partial charge in [-0.3, -0.25) is 4.79 Å². The lowest BCUT2D eigenvalue weighted by Crippen LogP contribution is -2.45. The Bertz CT molecular complexity index is 524. The van der Waals surface area contributed by atoms with Crippen LogP contribution in [0.4, 0.5) is 0 Å². The molecule has 1 aromatic carbocycles. The normalized spacial score (nSPS) is 11.1. The number of esters is 1. The summed E-state index contributed by atoms with van der Waals surface area (Å²) in [7, 11) is 1.15. The van der Waals surface area contributed by atoms with Crippen molar-refractivity contribution in [3.05, 3.63) is 29.8 Å². The van der Waals surface area contributed by atoms with Crippen LogP contribution in [0.2, 0.25) is 0 Å².